The summed E-state index contributed by atoms with van der Waals surface area (Å²) in [4.78, 5) is 37.0. The number of hydrogen-bond donors (Lipinski definition) is 2. The maximum atomic E-state index is 12.7. The van der Waals surface area contributed by atoms with Crippen molar-refractivity contribution >= 4 is 29.4 Å². The van der Waals surface area contributed by atoms with E-state index in [-0.39, 0.29) is 35.2 Å². The number of fused-ring (bicyclic) bond motifs is 1. The maximum Gasteiger partial charge on any atom is 0.338 e. The van der Waals surface area contributed by atoms with E-state index in [4.69, 9.17) is 16.3 Å². The summed E-state index contributed by atoms with van der Waals surface area (Å²) in [5.74, 6) is -2.33. The fraction of sp³-hybridized carbons (Fsp3) is 0.438. The van der Waals surface area contributed by atoms with Crippen LogP contribution in [0.25, 0.3) is 0 Å². The van der Waals surface area contributed by atoms with Gasteiger partial charge in [-0.05, 0) is 24.6 Å². The molecule has 0 aliphatic carbocycles. The van der Waals surface area contributed by atoms with Crippen LogP contribution in [0.15, 0.2) is 12.1 Å². The normalized spacial score (nSPS) is 26.0. The molecule has 1 unspecified atom stereocenters. The first kappa shape index (κ1) is 16.7. The highest BCUT2D eigenvalue weighted by molar-refractivity contribution is 6.32. The Bertz CT molecular complexity index is 734. The van der Waals surface area contributed by atoms with Crippen molar-refractivity contribution in [2.45, 2.75) is 38.0 Å². The van der Waals surface area contributed by atoms with Crippen LogP contribution < -0.4 is 0 Å². The highest BCUT2D eigenvalue weighted by atomic mass is 35.5. The Labute approximate surface area is 142 Å². The van der Waals surface area contributed by atoms with E-state index in [0.717, 1.165) is 4.90 Å². The lowest BCUT2D eigenvalue weighted by atomic mass is 9.96. The molecule has 24 heavy (non-hydrogen) atoms. The highest BCUT2D eigenvalue weighted by Gasteiger charge is 2.40. The van der Waals surface area contributed by atoms with Gasteiger partial charge in [0.15, 0.2) is 0 Å². The van der Waals surface area contributed by atoms with E-state index >= 15 is 0 Å². The Morgan fingerprint density at radius 1 is 1.38 bits per heavy atom. The van der Waals surface area contributed by atoms with Gasteiger partial charge in [0.05, 0.1) is 11.7 Å². The molecular formula is C16H16ClNO6. The molecule has 2 N–H and O–H groups in total. The molecule has 0 bridgehead atoms. The van der Waals surface area contributed by atoms with Crippen molar-refractivity contribution in [1.82, 2.24) is 4.90 Å². The molecule has 1 fully saturated rings. The van der Waals surface area contributed by atoms with Gasteiger partial charge < -0.3 is 19.8 Å². The van der Waals surface area contributed by atoms with Gasteiger partial charge in [-0.25, -0.2) is 9.59 Å². The number of carbonyl (C=O) groups is 3. The number of halogens is 1. The van der Waals surface area contributed by atoms with Crippen molar-refractivity contribution in [2.24, 2.45) is 0 Å². The van der Waals surface area contributed by atoms with E-state index in [1.807, 2.05) is 0 Å². The number of hydrogen-bond acceptors (Lipinski definition) is 5. The predicted octanol–water partition coefficient (Wildman–Crippen LogP) is 1.10. The van der Waals surface area contributed by atoms with Gasteiger partial charge in [-0.1, -0.05) is 11.6 Å². The number of carbonyl (C=O) groups excluding carboxylic acids is 2. The van der Waals surface area contributed by atoms with Crippen LogP contribution in [0.3, 0.4) is 0 Å². The van der Waals surface area contributed by atoms with Crippen molar-refractivity contribution in [3.05, 3.63) is 33.8 Å². The molecule has 1 saturated heterocycles. The fourth-order valence-corrected chi connectivity index (χ4v) is 3.46. The first-order valence-electron chi connectivity index (χ1n) is 7.53. The van der Waals surface area contributed by atoms with E-state index in [0.29, 0.717) is 12.0 Å². The smallest absolute Gasteiger partial charge is 0.338 e. The molecule has 128 valence electrons. The van der Waals surface area contributed by atoms with Crippen LogP contribution >= 0.6 is 11.6 Å². The SMILES string of the molecule is CC1Cc2c(Cl)cc(C(=O)N3C[C@H](O)C[C@H]3C(=O)O)cc2C(=O)O1. The number of rotatable bonds is 2. The first-order chi connectivity index (χ1) is 11.3. The number of ether oxygens (including phenoxy) is 1. The molecular weight excluding hydrogens is 338 g/mol. The minimum absolute atomic E-state index is 0.0285. The first-order valence-corrected chi connectivity index (χ1v) is 7.91. The number of carboxylic acid groups (broad SMARTS) is 1. The van der Waals surface area contributed by atoms with Crippen molar-refractivity contribution in [3.8, 4) is 0 Å². The second-order valence-corrected chi connectivity index (χ2v) is 6.51. The van der Waals surface area contributed by atoms with Crippen LogP contribution in [0.5, 0.6) is 0 Å². The standard InChI is InChI=1S/C16H16ClNO6/c1-7-2-10-11(16(23)24-7)3-8(4-12(10)17)14(20)18-6-9(19)5-13(18)15(21)22/h3-4,7,9,13,19H,2,5-6H2,1H3,(H,21,22)/t7?,9-,13+/m1/s1. The summed E-state index contributed by atoms with van der Waals surface area (Å²) < 4.78 is 5.15. The topological polar surface area (TPSA) is 104 Å². The third-order valence-corrected chi connectivity index (χ3v) is 4.62. The molecule has 1 aromatic rings. The Balaban J connectivity index is 1.97. The van der Waals surface area contributed by atoms with Crippen LogP contribution in [0, 0.1) is 0 Å². The van der Waals surface area contributed by atoms with Gasteiger partial charge in [-0.3, -0.25) is 4.79 Å². The van der Waals surface area contributed by atoms with E-state index in [1.165, 1.54) is 12.1 Å². The third-order valence-electron chi connectivity index (χ3n) is 4.29. The Morgan fingerprint density at radius 3 is 2.75 bits per heavy atom. The average molecular weight is 354 g/mol. The Kier molecular flexibility index (Phi) is 4.23. The molecule has 2 heterocycles. The van der Waals surface area contributed by atoms with Gasteiger partial charge >= 0.3 is 11.9 Å². The molecule has 0 radical (unpaired) electrons. The van der Waals surface area contributed by atoms with E-state index in [2.05, 4.69) is 0 Å². The largest absolute Gasteiger partial charge is 0.480 e. The van der Waals surface area contributed by atoms with Crippen molar-refractivity contribution in [2.75, 3.05) is 6.54 Å². The number of cyclic esters (lactones) is 1. The second-order valence-electron chi connectivity index (χ2n) is 6.11. The van der Waals surface area contributed by atoms with Gasteiger partial charge in [0.25, 0.3) is 5.91 Å². The number of amides is 1. The molecule has 0 aromatic heterocycles. The number of β-amino-alcohol motifs (C(OH)–C–C–N with tert-alkyl or cyclic N) is 1. The maximum absolute atomic E-state index is 12.7. The summed E-state index contributed by atoms with van der Waals surface area (Å²) in [5, 5.41) is 19.2. The average Bonchev–Trinajstić information content (AvgIpc) is 2.89. The number of aliphatic hydroxyl groups excluding tert-OH is 1. The minimum atomic E-state index is -1.18. The molecule has 1 aromatic carbocycles. The summed E-state index contributed by atoms with van der Waals surface area (Å²) in [6, 6.07) is 1.70. The zero-order chi connectivity index (χ0) is 17.6. The third kappa shape index (κ3) is 2.85. The zero-order valence-corrected chi connectivity index (χ0v) is 13.6. The van der Waals surface area contributed by atoms with Gasteiger partial charge in [0.2, 0.25) is 0 Å². The molecule has 2 aliphatic heterocycles. The highest BCUT2D eigenvalue weighted by Crippen LogP contribution is 2.30. The number of benzene rings is 1. The molecule has 0 spiro atoms. The predicted molar refractivity (Wildman–Crippen MR) is 83.1 cm³/mol. The lowest BCUT2D eigenvalue weighted by Gasteiger charge is -2.25. The second kappa shape index (κ2) is 6.07. The van der Waals surface area contributed by atoms with Crippen molar-refractivity contribution in [1.29, 1.82) is 0 Å². The fourth-order valence-electron chi connectivity index (χ4n) is 3.16. The minimum Gasteiger partial charge on any atom is -0.480 e. The number of carboxylic acids is 1. The number of likely N-dealkylation sites (tertiary alicyclic amines) is 1. The molecule has 2 aliphatic rings. The summed E-state index contributed by atoms with van der Waals surface area (Å²) in [6.07, 6.45) is -0.767. The van der Waals surface area contributed by atoms with Crippen LogP contribution in [0.2, 0.25) is 5.02 Å². The Morgan fingerprint density at radius 2 is 2.08 bits per heavy atom. The van der Waals surface area contributed by atoms with Crippen LogP contribution in [0.1, 0.15) is 39.6 Å². The Hall–Kier alpha value is -2.12. The van der Waals surface area contributed by atoms with Crippen molar-refractivity contribution in [3.63, 3.8) is 0 Å². The number of nitrogens with zero attached hydrogens (tertiary/aromatic N) is 1. The van der Waals surface area contributed by atoms with Crippen LogP contribution in [-0.2, 0) is 16.0 Å². The summed E-state index contributed by atoms with van der Waals surface area (Å²) >= 11 is 6.21. The molecule has 3 atom stereocenters. The summed E-state index contributed by atoms with van der Waals surface area (Å²) in [6.45, 7) is 1.67. The van der Waals surface area contributed by atoms with Crippen molar-refractivity contribution < 1.29 is 29.3 Å². The zero-order valence-electron chi connectivity index (χ0n) is 12.9. The van der Waals surface area contributed by atoms with Gasteiger partial charge in [-0.15, -0.1) is 0 Å². The number of esters is 1. The van der Waals surface area contributed by atoms with Gasteiger partial charge in [-0.2, -0.15) is 0 Å². The van der Waals surface area contributed by atoms with E-state index < -0.39 is 30.0 Å². The van der Waals surface area contributed by atoms with Gasteiger partial charge in [0.1, 0.15) is 12.1 Å². The lowest BCUT2D eigenvalue weighted by molar-refractivity contribution is -0.141. The number of aliphatic hydroxyl groups is 1. The molecule has 1 amide bonds. The van der Waals surface area contributed by atoms with Crippen LogP contribution in [-0.4, -0.2) is 57.8 Å². The molecule has 3 rings (SSSR count). The van der Waals surface area contributed by atoms with E-state index in [1.54, 1.807) is 6.92 Å². The summed E-state index contributed by atoms with van der Waals surface area (Å²) in [5.41, 5.74) is 0.939. The molecule has 8 heteroatoms. The van der Waals surface area contributed by atoms with E-state index in [9.17, 15) is 24.6 Å². The summed E-state index contributed by atoms with van der Waals surface area (Å²) in [7, 11) is 0. The quantitative estimate of drug-likeness (QED) is 0.772. The molecule has 7 nitrogen and oxygen atoms in total. The monoisotopic (exact) mass is 353 g/mol. The molecule has 0 saturated carbocycles. The number of aliphatic carboxylic acids is 1. The lowest BCUT2D eigenvalue weighted by Crippen LogP contribution is -2.40. The van der Waals surface area contributed by atoms with Crippen LogP contribution in [0.4, 0.5) is 0 Å². The van der Waals surface area contributed by atoms with Gasteiger partial charge in [0, 0.05) is 30.0 Å².